The molecule has 0 saturated carbocycles. The highest BCUT2D eigenvalue weighted by Gasteiger charge is 2.07. The predicted molar refractivity (Wildman–Crippen MR) is 81.2 cm³/mol. The zero-order valence-electron chi connectivity index (χ0n) is 10.9. The van der Waals surface area contributed by atoms with E-state index in [1.54, 1.807) is 13.4 Å². The Morgan fingerprint density at radius 2 is 1.74 bits per heavy atom. The molecule has 0 spiro atoms. The lowest BCUT2D eigenvalue weighted by Gasteiger charge is -2.10. The van der Waals surface area contributed by atoms with Crippen LogP contribution in [0.15, 0.2) is 42.5 Å². The van der Waals surface area contributed by atoms with Crippen LogP contribution in [0.5, 0.6) is 5.75 Å². The standard InChI is InChI=1S/C15H15ClO2S/c1-18-15-8-5-12(9-13(15)10-19(2)17)11-3-6-14(16)7-4-11/h3-9H,10H2,1-2H3. The van der Waals surface area contributed by atoms with E-state index in [-0.39, 0.29) is 0 Å². The van der Waals surface area contributed by atoms with Crippen molar-refractivity contribution in [3.05, 3.63) is 53.1 Å². The van der Waals surface area contributed by atoms with Gasteiger partial charge in [-0.05, 0) is 35.4 Å². The van der Waals surface area contributed by atoms with Crippen LogP contribution < -0.4 is 4.74 Å². The van der Waals surface area contributed by atoms with Gasteiger partial charge in [-0.25, -0.2) is 0 Å². The molecule has 100 valence electrons. The fraction of sp³-hybridized carbons (Fsp3) is 0.200. The summed E-state index contributed by atoms with van der Waals surface area (Å²) in [7, 11) is 0.727. The maximum absolute atomic E-state index is 11.4. The van der Waals surface area contributed by atoms with E-state index in [2.05, 4.69) is 0 Å². The molecule has 0 aliphatic rings. The Balaban J connectivity index is 2.42. The fourth-order valence-corrected chi connectivity index (χ4v) is 2.72. The van der Waals surface area contributed by atoms with Crippen molar-refractivity contribution in [1.29, 1.82) is 0 Å². The summed E-state index contributed by atoms with van der Waals surface area (Å²) >= 11 is 5.89. The molecule has 1 unspecified atom stereocenters. The minimum absolute atomic E-state index is 0.491. The van der Waals surface area contributed by atoms with Gasteiger partial charge in [0, 0.05) is 27.6 Å². The Morgan fingerprint density at radius 1 is 1.11 bits per heavy atom. The van der Waals surface area contributed by atoms with Crippen LogP contribution in [0.3, 0.4) is 0 Å². The number of benzene rings is 2. The second kappa shape index (κ2) is 6.22. The second-order valence-corrected chi connectivity index (χ2v) is 6.12. The average Bonchev–Trinajstić information content (AvgIpc) is 2.39. The molecule has 0 aliphatic carbocycles. The summed E-state index contributed by atoms with van der Waals surface area (Å²) in [6, 6.07) is 13.6. The molecule has 0 bridgehead atoms. The normalized spacial score (nSPS) is 12.2. The molecule has 2 nitrogen and oxygen atoms in total. The fourth-order valence-electron chi connectivity index (χ4n) is 1.93. The lowest BCUT2D eigenvalue weighted by molar-refractivity contribution is 0.411. The number of hydrogen-bond donors (Lipinski definition) is 0. The molecule has 2 aromatic rings. The molecule has 0 N–H and O–H groups in total. The number of ether oxygens (including phenoxy) is 1. The average molecular weight is 295 g/mol. The number of halogens is 1. The van der Waals surface area contributed by atoms with Crippen molar-refractivity contribution in [2.24, 2.45) is 0 Å². The molecule has 0 aliphatic heterocycles. The van der Waals surface area contributed by atoms with E-state index in [4.69, 9.17) is 16.3 Å². The Hall–Kier alpha value is -1.32. The summed E-state index contributed by atoms with van der Waals surface area (Å²) < 4.78 is 16.7. The Kier molecular flexibility index (Phi) is 4.61. The van der Waals surface area contributed by atoms with Crippen molar-refractivity contribution in [1.82, 2.24) is 0 Å². The van der Waals surface area contributed by atoms with Gasteiger partial charge in [-0.3, -0.25) is 4.21 Å². The van der Waals surface area contributed by atoms with Gasteiger partial charge in [0.2, 0.25) is 0 Å². The minimum Gasteiger partial charge on any atom is -0.496 e. The van der Waals surface area contributed by atoms with Crippen molar-refractivity contribution in [3.63, 3.8) is 0 Å². The highest BCUT2D eigenvalue weighted by atomic mass is 35.5. The monoisotopic (exact) mass is 294 g/mol. The van der Waals surface area contributed by atoms with Crippen molar-refractivity contribution in [2.45, 2.75) is 5.75 Å². The van der Waals surface area contributed by atoms with Crippen LogP contribution in [-0.2, 0) is 16.6 Å². The third-order valence-corrected chi connectivity index (χ3v) is 3.79. The molecule has 0 aromatic heterocycles. The molecular weight excluding hydrogens is 280 g/mol. The molecule has 2 aromatic carbocycles. The summed E-state index contributed by atoms with van der Waals surface area (Å²) in [4.78, 5) is 0. The Morgan fingerprint density at radius 3 is 2.32 bits per heavy atom. The van der Waals surface area contributed by atoms with Crippen molar-refractivity contribution in [3.8, 4) is 16.9 Å². The van der Waals surface area contributed by atoms with Crippen LogP contribution in [0.1, 0.15) is 5.56 Å². The van der Waals surface area contributed by atoms with Gasteiger partial charge in [0.1, 0.15) is 5.75 Å². The zero-order valence-corrected chi connectivity index (χ0v) is 12.4. The van der Waals surface area contributed by atoms with Crippen LogP contribution in [0.25, 0.3) is 11.1 Å². The zero-order chi connectivity index (χ0) is 13.8. The van der Waals surface area contributed by atoms with Gasteiger partial charge in [0.05, 0.1) is 12.9 Å². The first-order valence-electron chi connectivity index (χ1n) is 5.83. The highest BCUT2D eigenvalue weighted by Crippen LogP contribution is 2.28. The van der Waals surface area contributed by atoms with Crippen LogP contribution >= 0.6 is 11.6 Å². The SMILES string of the molecule is COc1ccc(-c2ccc(Cl)cc2)cc1CS(C)=O. The van der Waals surface area contributed by atoms with Crippen molar-refractivity contribution in [2.75, 3.05) is 13.4 Å². The molecular formula is C15H15ClO2S. The van der Waals surface area contributed by atoms with Crippen molar-refractivity contribution >= 4 is 22.4 Å². The largest absolute Gasteiger partial charge is 0.496 e. The number of hydrogen-bond acceptors (Lipinski definition) is 2. The third kappa shape index (κ3) is 3.58. The first-order chi connectivity index (χ1) is 9.10. The lowest BCUT2D eigenvalue weighted by Crippen LogP contribution is -1.97. The van der Waals surface area contributed by atoms with E-state index in [9.17, 15) is 4.21 Å². The maximum atomic E-state index is 11.4. The summed E-state index contributed by atoms with van der Waals surface area (Å²) in [6.07, 6.45) is 1.69. The van der Waals surface area contributed by atoms with Gasteiger partial charge in [-0.2, -0.15) is 0 Å². The summed E-state index contributed by atoms with van der Waals surface area (Å²) in [6.45, 7) is 0. The van der Waals surface area contributed by atoms with E-state index in [0.717, 1.165) is 22.4 Å². The summed E-state index contributed by atoms with van der Waals surface area (Å²) in [5, 5.41) is 0.715. The minimum atomic E-state index is -0.898. The first-order valence-corrected chi connectivity index (χ1v) is 7.93. The van der Waals surface area contributed by atoms with Crippen LogP contribution in [0.4, 0.5) is 0 Å². The maximum Gasteiger partial charge on any atom is 0.123 e. The van der Waals surface area contributed by atoms with Gasteiger partial charge < -0.3 is 4.74 Å². The second-order valence-electron chi connectivity index (χ2n) is 4.25. The van der Waals surface area contributed by atoms with Crippen LogP contribution in [-0.4, -0.2) is 17.6 Å². The van der Waals surface area contributed by atoms with E-state index in [1.165, 1.54) is 0 Å². The van der Waals surface area contributed by atoms with E-state index in [1.807, 2.05) is 42.5 Å². The van der Waals surface area contributed by atoms with Gasteiger partial charge in [0.25, 0.3) is 0 Å². The number of methoxy groups -OCH3 is 1. The predicted octanol–water partition coefficient (Wildman–Crippen LogP) is 3.89. The topological polar surface area (TPSA) is 26.3 Å². The molecule has 1 atom stereocenters. The highest BCUT2D eigenvalue weighted by molar-refractivity contribution is 7.83. The van der Waals surface area contributed by atoms with Gasteiger partial charge >= 0.3 is 0 Å². The quantitative estimate of drug-likeness (QED) is 0.855. The summed E-state index contributed by atoms with van der Waals surface area (Å²) in [5.74, 6) is 1.26. The molecule has 0 heterocycles. The molecule has 2 rings (SSSR count). The summed E-state index contributed by atoms with van der Waals surface area (Å²) in [5.41, 5.74) is 3.10. The first kappa shape index (κ1) is 14.1. The smallest absolute Gasteiger partial charge is 0.123 e. The van der Waals surface area contributed by atoms with E-state index in [0.29, 0.717) is 10.8 Å². The molecule has 0 radical (unpaired) electrons. The molecule has 19 heavy (non-hydrogen) atoms. The van der Waals surface area contributed by atoms with Crippen LogP contribution in [0.2, 0.25) is 5.02 Å². The Labute approximate surface area is 120 Å². The van der Waals surface area contributed by atoms with E-state index >= 15 is 0 Å². The van der Waals surface area contributed by atoms with Gasteiger partial charge in [-0.1, -0.05) is 29.8 Å². The molecule has 0 fully saturated rings. The van der Waals surface area contributed by atoms with Gasteiger partial charge in [0.15, 0.2) is 0 Å². The van der Waals surface area contributed by atoms with Gasteiger partial charge in [-0.15, -0.1) is 0 Å². The lowest BCUT2D eigenvalue weighted by atomic mass is 10.0. The Bertz CT molecular complexity index is 594. The molecule has 0 amide bonds. The number of rotatable bonds is 4. The van der Waals surface area contributed by atoms with Crippen LogP contribution in [0, 0.1) is 0 Å². The third-order valence-electron chi connectivity index (χ3n) is 2.82. The molecule has 0 saturated heterocycles. The molecule has 4 heteroatoms. The van der Waals surface area contributed by atoms with E-state index < -0.39 is 10.8 Å². The van der Waals surface area contributed by atoms with Crippen molar-refractivity contribution < 1.29 is 8.95 Å².